The van der Waals surface area contributed by atoms with E-state index in [1.807, 2.05) is 61.5 Å². The van der Waals surface area contributed by atoms with Gasteiger partial charge >= 0.3 is 5.97 Å². The summed E-state index contributed by atoms with van der Waals surface area (Å²) in [5.41, 5.74) is 2.90. The van der Waals surface area contributed by atoms with Crippen molar-refractivity contribution in [2.45, 2.75) is 19.9 Å². The topological polar surface area (TPSA) is 55.8 Å². The van der Waals surface area contributed by atoms with Crippen molar-refractivity contribution < 1.29 is 19.1 Å². The minimum absolute atomic E-state index is 0.230. The fraction of sp³-hybridized carbons (Fsp3) is 0.200. The maximum atomic E-state index is 13.4. The molecule has 3 rings (SSSR count). The molecule has 0 aromatic heterocycles. The summed E-state index contributed by atoms with van der Waals surface area (Å²) in [4.78, 5) is 27.6. The average molecular weight is 403 g/mol. The number of esters is 1. The maximum absolute atomic E-state index is 13.4. The van der Waals surface area contributed by atoms with E-state index in [4.69, 9.17) is 9.47 Å². The van der Waals surface area contributed by atoms with Crippen LogP contribution >= 0.6 is 0 Å². The van der Waals surface area contributed by atoms with Crippen molar-refractivity contribution in [1.82, 2.24) is 4.90 Å². The number of allylic oxidation sites excluding steroid dienone is 1. The summed E-state index contributed by atoms with van der Waals surface area (Å²) < 4.78 is 10.6. The van der Waals surface area contributed by atoms with Crippen LogP contribution in [0.4, 0.5) is 0 Å². The third-order valence-corrected chi connectivity index (χ3v) is 5.04. The number of nitrogens with zero attached hydrogens (tertiary/aromatic N) is 1. The van der Waals surface area contributed by atoms with Crippen LogP contribution in [0, 0.1) is 0 Å². The summed E-state index contributed by atoms with van der Waals surface area (Å²) in [5.74, 6) is -0.111. The highest BCUT2D eigenvalue weighted by Gasteiger charge is 2.39. The Morgan fingerprint density at radius 3 is 2.57 bits per heavy atom. The zero-order valence-corrected chi connectivity index (χ0v) is 17.4. The molecular formula is C25H25NO4. The number of hydrogen-bond donors (Lipinski definition) is 0. The molecule has 0 spiro atoms. The van der Waals surface area contributed by atoms with Crippen molar-refractivity contribution in [3.05, 3.63) is 95.2 Å². The maximum Gasteiger partial charge on any atom is 0.340 e. The molecule has 1 aliphatic rings. The van der Waals surface area contributed by atoms with Gasteiger partial charge in [0.2, 0.25) is 0 Å². The zero-order valence-electron chi connectivity index (χ0n) is 17.4. The molecule has 2 aromatic rings. The molecule has 0 saturated heterocycles. The Morgan fingerprint density at radius 1 is 1.17 bits per heavy atom. The Hall–Kier alpha value is -3.60. The molecule has 0 radical (unpaired) electrons. The Bertz CT molecular complexity index is 1020. The number of methoxy groups -OCH3 is 1. The van der Waals surface area contributed by atoms with Crippen LogP contribution in [0.1, 0.15) is 31.0 Å². The van der Waals surface area contributed by atoms with E-state index in [2.05, 4.69) is 6.58 Å². The van der Waals surface area contributed by atoms with Crippen LogP contribution in [-0.4, -0.2) is 30.5 Å². The molecule has 5 nitrogen and oxygen atoms in total. The van der Waals surface area contributed by atoms with Gasteiger partial charge in [0.1, 0.15) is 12.4 Å². The van der Waals surface area contributed by atoms with Gasteiger partial charge in [0.05, 0.1) is 24.3 Å². The number of rotatable bonds is 7. The van der Waals surface area contributed by atoms with Crippen LogP contribution in [-0.2, 0) is 14.3 Å². The van der Waals surface area contributed by atoms with Crippen LogP contribution in [0.2, 0.25) is 0 Å². The highest BCUT2D eigenvalue weighted by Crippen LogP contribution is 2.37. The van der Waals surface area contributed by atoms with Gasteiger partial charge in [-0.25, -0.2) is 4.79 Å². The minimum Gasteiger partial charge on any atom is -0.490 e. The van der Waals surface area contributed by atoms with Crippen molar-refractivity contribution in [3.63, 3.8) is 0 Å². The van der Waals surface area contributed by atoms with E-state index in [0.29, 0.717) is 23.6 Å². The second-order valence-electron chi connectivity index (χ2n) is 6.94. The third kappa shape index (κ3) is 4.20. The number of hydrogen-bond acceptors (Lipinski definition) is 4. The third-order valence-electron chi connectivity index (χ3n) is 5.04. The van der Waals surface area contributed by atoms with E-state index in [-0.39, 0.29) is 17.5 Å². The highest BCUT2D eigenvalue weighted by atomic mass is 16.5. The largest absolute Gasteiger partial charge is 0.490 e. The van der Waals surface area contributed by atoms with Crippen molar-refractivity contribution in [2.75, 3.05) is 13.7 Å². The molecule has 1 atom stereocenters. The van der Waals surface area contributed by atoms with Crippen molar-refractivity contribution in [3.8, 4) is 5.75 Å². The predicted octanol–water partition coefficient (Wildman–Crippen LogP) is 4.69. The lowest BCUT2D eigenvalue weighted by Crippen LogP contribution is -2.28. The lowest BCUT2D eigenvalue weighted by atomic mass is 10.0. The number of ether oxygens (including phenoxy) is 2. The van der Waals surface area contributed by atoms with Crippen molar-refractivity contribution >= 4 is 18.0 Å². The summed E-state index contributed by atoms with van der Waals surface area (Å²) >= 11 is 0. The number of carbonyl (C=O) groups excluding carboxylic acids is 2. The number of carbonyl (C=O) groups is 2. The molecule has 0 fully saturated rings. The summed E-state index contributed by atoms with van der Waals surface area (Å²) in [6.45, 7) is 7.74. The zero-order chi connectivity index (χ0) is 21.7. The number of amides is 1. The van der Waals surface area contributed by atoms with Gasteiger partial charge in [-0.3, -0.25) is 4.79 Å². The summed E-state index contributed by atoms with van der Waals surface area (Å²) in [7, 11) is 1.32. The fourth-order valence-corrected chi connectivity index (χ4v) is 3.56. The number of benzene rings is 2. The summed E-state index contributed by atoms with van der Waals surface area (Å²) in [5, 5.41) is 0. The van der Waals surface area contributed by atoms with Crippen LogP contribution in [0.25, 0.3) is 6.08 Å². The molecule has 0 unspecified atom stereocenters. The van der Waals surface area contributed by atoms with Crippen molar-refractivity contribution in [1.29, 1.82) is 0 Å². The minimum atomic E-state index is -0.533. The van der Waals surface area contributed by atoms with E-state index in [9.17, 15) is 9.59 Å². The Morgan fingerprint density at radius 2 is 1.90 bits per heavy atom. The molecule has 5 heteroatoms. The van der Waals surface area contributed by atoms with E-state index >= 15 is 0 Å². The fourth-order valence-electron chi connectivity index (χ4n) is 3.56. The Labute approximate surface area is 176 Å². The normalized spacial score (nSPS) is 16.0. The molecule has 1 amide bonds. The molecule has 0 N–H and O–H groups in total. The molecule has 0 aliphatic carbocycles. The molecule has 30 heavy (non-hydrogen) atoms. The SMILES string of the molecule is C=CCOc1cccc(/C=C2\C(=O)N([C@@H](C)c3ccccc3)C(C)=C2C(=O)OC)c1. The van der Waals surface area contributed by atoms with Crippen LogP contribution in [0.15, 0.2) is 84.1 Å². The monoisotopic (exact) mass is 403 g/mol. The predicted molar refractivity (Wildman–Crippen MR) is 117 cm³/mol. The first-order valence-corrected chi connectivity index (χ1v) is 9.71. The van der Waals surface area contributed by atoms with Gasteiger partial charge < -0.3 is 14.4 Å². The first kappa shape index (κ1) is 21.1. The highest BCUT2D eigenvalue weighted by molar-refractivity contribution is 6.16. The Kier molecular flexibility index (Phi) is 6.52. The van der Waals surface area contributed by atoms with E-state index < -0.39 is 5.97 Å². The second-order valence-corrected chi connectivity index (χ2v) is 6.94. The lowest BCUT2D eigenvalue weighted by molar-refractivity contribution is -0.136. The van der Waals surface area contributed by atoms with Gasteiger partial charge in [0.15, 0.2) is 0 Å². The standard InChI is InChI=1S/C25H25NO4/c1-5-14-30-21-13-9-10-19(15-21)16-22-23(25(28)29-4)18(3)26(24(22)27)17(2)20-11-7-6-8-12-20/h5-13,15-17H,1,14H2,2-4H3/b22-16-/t17-/m0/s1. The van der Waals surface area contributed by atoms with E-state index in [0.717, 1.165) is 11.1 Å². The van der Waals surface area contributed by atoms with Crippen LogP contribution < -0.4 is 4.74 Å². The molecule has 154 valence electrons. The molecule has 0 saturated carbocycles. The average Bonchev–Trinajstić information content (AvgIpc) is 3.01. The van der Waals surface area contributed by atoms with E-state index in [1.54, 1.807) is 24.0 Å². The second kappa shape index (κ2) is 9.27. The van der Waals surface area contributed by atoms with Gasteiger partial charge in [-0.15, -0.1) is 0 Å². The lowest BCUT2D eigenvalue weighted by Gasteiger charge is -2.26. The molecule has 1 aliphatic heterocycles. The summed E-state index contributed by atoms with van der Waals surface area (Å²) in [6.07, 6.45) is 3.37. The van der Waals surface area contributed by atoms with E-state index in [1.165, 1.54) is 7.11 Å². The van der Waals surface area contributed by atoms with Gasteiger partial charge in [-0.1, -0.05) is 55.1 Å². The summed E-state index contributed by atoms with van der Waals surface area (Å²) in [6, 6.07) is 16.8. The molecule has 2 aromatic carbocycles. The van der Waals surface area contributed by atoms with Crippen LogP contribution in [0.3, 0.4) is 0 Å². The van der Waals surface area contributed by atoms with Gasteiger partial charge in [0.25, 0.3) is 5.91 Å². The van der Waals surface area contributed by atoms with Gasteiger partial charge in [0, 0.05) is 5.70 Å². The van der Waals surface area contributed by atoms with Gasteiger partial charge in [-0.05, 0) is 43.2 Å². The smallest absolute Gasteiger partial charge is 0.340 e. The van der Waals surface area contributed by atoms with Gasteiger partial charge in [-0.2, -0.15) is 0 Å². The molecule has 1 heterocycles. The molecule has 0 bridgehead atoms. The first-order valence-electron chi connectivity index (χ1n) is 9.71. The van der Waals surface area contributed by atoms with Crippen molar-refractivity contribution in [2.24, 2.45) is 0 Å². The van der Waals surface area contributed by atoms with Crippen LogP contribution in [0.5, 0.6) is 5.75 Å². The Balaban J connectivity index is 2.03. The quantitative estimate of drug-likeness (QED) is 0.382. The first-order chi connectivity index (χ1) is 14.5. The molecular weight excluding hydrogens is 378 g/mol.